The SMILES string of the molecule is CCCCCCCCOc1c(CCC)ccc(OC(=O)O)c1O. The maximum Gasteiger partial charge on any atom is 0.511 e. The first-order valence-electron chi connectivity index (χ1n) is 8.48. The Morgan fingerprint density at radius 2 is 1.74 bits per heavy atom. The van der Waals surface area contributed by atoms with Crippen LogP contribution in [0.2, 0.25) is 0 Å². The maximum absolute atomic E-state index is 10.7. The Labute approximate surface area is 138 Å². The van der Waals surface area contributed by atoms with E-state index in [2.05, 4.69) is 11.7 Å². The van der Waals surface area contributed by atoms with Gasteiger partial charge in [0.1, 0.15) is 0 Å². The van der Waals surface area contributed by atoms with Gasteiger partial charge in [0.15, 0.2) is 11.5 Å². The average molecular weight is 324 g/mol. The molecule has 5 heteroatoms. The molecule has 0 saturated carbocycles. The highest BCUT2D eigenvalue weighted by molar-refractivity contribution is 5.65. The number of carbonyl (C=O) groups is 1. The Kier molecular flexibility index (Phi) is 8.95. The van der Waals surface area contributed by atoms with Crippen molar-refractivity contribution in [3.05, 3.63) is 17.7 Å². The van der Waals surface area contributed by atoms with Crippen molar-refractivity contribution in [2.45, 2.75) is 65.2 Å². The number of rotatable bonds is 11. The van der Waals surface area contributed by atoms with Gasteiger partial charge in [0.25, 0.3) is 0 Å². The summed E-state index contributed by atoms with van der Waals surface area (Å²) in [5, 5.41) is 18.9. The minimum atomic E-state index is -1.45. The molecule has 0 radical (unpaired) electrons. The van der Waals surface area contributed by atoms with Crippen molar-refractivity contribution in [2.75, 3.05) is 6.61 Å². The summed E-state index contributed by atoms with van der Waals surface area (Å²) >= 11 is 0. The predicted octanol–water partition coefficient (Wildman–Crippen LogP) is 5.14. The molecule has 0 spiro atoms. The molecule has 130 valence electrons. The molecule has 0 aliphatic heterocycles. The van der Waals surface area contributed by atoms with Crippen molar-refractivity contribution in [1.82, 2.24) is 0 Å². The van der Waals surface area contributed by atoms with Crippen LogP contribution in [0.5, 0.6) is 17.2 Å². The molecule has 0 aliphatic carbocycles. The van der Waals surface area contributed by atoms with Gasteiger partial charge in [0.05, 0.1) is 6.61 Å². The summed E-state index contributed by atoms with van der Waals surface area (Å²) in [7, 11) is 0. The van der Waals surface area contributed by atoms with E-state index in [0.29, 0.717) is 12.4 Å². The highest BCUT2D eigenvalue weighted by Gasteiger charge is 2.16. The lowest BCUT2D eigenvalue weighted by Crippen LogP contribution is -2.06. The average Bonchev–Trinajstić information content (AvgIpc) is 2.51. The van der Waals surface area contributed by atoms with Crippen LogP contribution in [0.3, 0.4) is 0 Å². The minimum absolute atomic E-state index is 0.0877. The summed E-state index contributed by atoms with van der Waals surface area (Å²) in [6.07, 6.45) is 7.13. The number of phenols is 1. The second-order valence-electron chi connectivity index (χ2n) is 5.63. The molecule has 1 rings (SSSR count). The number of carboxylic acid groups (broad SMARTS) is 1. The molecule has 1 aromatic rings. The number of ether oxygens (including phenoxy) is 2. The van der Waals surface area contributed by atoms with Crippen molar-refractivity contribution >= 4 is 6.16 Å². The molecule has 0 bridgehead atoms. The van der Waals surface area contributed by atoms with Crippen molar-refractivity contribution in [1.29, 1.82) is 0 Å². The predicted molar refractivity (Wildman–Crippen MR) is 89.6 cm³/mol. The molecule has 5 nitrogen and oxygen atoms in total. The normalized spacial score (nSPS) is 10.5. The Morgan fingerprint density at radius 3 is 2.39 bits per heavy atom. The van der Waals surface area contributed by atoms with Crippen LogP contribution in [0.25, 0.3) is 0 Å². The van der Waals surface area contributed by atoms with E-state index < -0.39 is 6.16 Å². The molecule has 0 saturated heterocycles. The number of aromatic hydroxyl groups is 1. The summed E-state index contributed by atoms with van der Waals surface area (Å²) in [5.74, 6) is 0.0267. The van der Waals surface area contributed by atoms with Crippen LogP contribution in [-0.4, -0.2) is 23.0 Å². The Hall–Kier alpha value is -1.91. The molecule has 0 unspecified atom stereocenters. The molecular weight excluding hydrogens is 296 g/mol. The summed E-state index contributed by atoms with van der Waals surface area (Å²) < 4.78 is 10.3. The van der Waals surface area contributed by atoms with Crippen molar-refractivity contribution in [3.63, 3.8) is 0 Å². The Bertz CT molecular complexity index is 485. The van der Waals surface area contributed by atoms with Crippen LogP contribution >= 0.6 is 0 Å². The number of unbranched alkanes of at least 4 members (excludes halogenated alkanes) is 5. The second-order valence-corrected chi connectivity index (χ2v) is 5.63. The first-order chi connectivity index (χ1) is 11.1. The van der Waals surface area contributed by atoms with E-state index >= 15 is 0 Å². The minimum Gasteiger partial charge on any atom is -0.502 e. The highest BCUT2D eigenvalue weighted by Crippen LogP contribution is 2.39. The molecule has 0 heterocycles. The number of hydrogen-bond acceptors (Lipinski definition) is 4. The van der Waals surface area contributed by atoms with E-state index in [1.54, 1.807) is 6.07 Å². The number of benzene rings is 1. The third-order valence-corrected chi connectivity index (χ3v) is 3.64. The summed E-state index contributed by atoms with van der Waals surface area (Å²) in [4.78, 5) is 10.7. The zero-order chi connectivity index (χ0) is 17.1. The highest BCUT2D eigenvalue weighted by atomic mass is 16.7. The van der Waals surface area contributed by atoms with Crippen LogP contribution in [0.1, 0.15) is 64.4 Å². The largest absolute Gasteiger partial charge is 0.511 e. The third kappa shape index (κ3) is 6.80. The standard InChI is InChI=1S/C18H28O5/c1-3-5-6-7-8-9-13-22-17-14(10-4-2)11-12-15(16(17)19)23-18(20)21/h11-12,19H,3-10,13H2,1-2H3,(H,20,21). The van der Waals surface area contributed by atoms with Crippen LogP contribution < -0.4 is 9.47 Å². The van der Waals surface area contributed by atoms with Gasteiger partial charge in [0, 0.05) is 0 Å². The van der Waals surface area contributed by atoms with Gasteiger partial charge in [-0.1, -0.05) is 58.4 Å². The smallest absolute Gasteiger partial charge is 0.502 e. The van der Waals surface area contributed by atoms with Crippen LogP contribution in [0.15, 0.2) is 12.1 Å². The van der Waals surface area contributed by atoms with E-state index in [0.717, 1.165) is 31.2 Å². The molecule has 0 atom stereocenters. The molecule has 0 aromatic heterocycles. The quantitative estimate of drug-likeness (QED) is 0.335. The first kappa shape index (κ1) is 19.1. The lowest BCUT2D eigenvalue weighted by molar-refractivity contribution is 0.142. The van der Waals surface area contributed by atoms with Crippen LogP contribution in [0, 0.1) is 0 Å². The van der Waals surface area contributed by atoms with Gasteiger partial charge < -0.3 is 19.7 Å². The fraction of sp³-hybridized carbons (Fsp3) is 0.611. The molecule has 0 amide bonds. The maximum atomic E-state index is 10.7. The molecular formula is C18H28O5. The first-order valence-corrected chi connectivity index (χ1v) is 8.48. The molecule has 23 heavy (non-hydrogen) atoms. The van der Waals surface area contributed by atoms with Gasteiger partial charge in [-0.3, -0.25) is 0 Å². The monoisotopic (exact) mass is 324 g/mol. The van der Waals surface area contributed by atoms with Gasteiger partial charge in [-0.15, -0.1) is 0 Å². The van der Waals surface area contributed by atoms with Gasteiger partial charge in [-0.25, -0.2) is 4.79 Å². The van der Waals surface area contributed by atoms with Crippen LogP contribution in [0.4, 0.5) is 4.79 Å². The summed E-state index contributed by atoms with van der Waals surface area (Å²) in [6, 6.07) is 3.21. The number of hydrogen-bond donors (Lipinski definition) is 2. The number of phenolic OH excluding ortho intramolecular Hbond substituents is 1. The van der Waals surface area contributed by atoms with E-state index in [1.807, 2.05) is 6.92 Å². The zero-order valence-corrected chi connectivity index (χ0v) is 14.1. The second kappa shape index (κ2) is 10.8. The van der Waals surface area contributed by atoms with Gasteiger partial charge in [-0.05, 0) is 24.5 Å². The van der Waals surface area contributed by atoms with Gasteiger partial charge in [0.2, 0.25) is 5.75 Å². The van der Waals surface area contributed by atoms with Gasteiger partial charge in [-0.2, -0.15) is 0 Å². The molecule has 0 aliphatic rings. The van der Waals surface area contributed by atoms with Crippen molar-refractivity contribution in [2.24, 2.45) is 0 Å². The Morgan fingerprint density at radius 1 is 1.04 bits per heavy atom. The van der Waals surface area contributed by atoms with E-state index in [9.17, 15) is 9.90 Å². The molecule has 2 N–H and O–H groups in total. The number of aryl methyl sites for hydroxylation is 1. The fourth-order valence-electron chi connectivity index (χ4n) is 2.46. The van der Waals surface area contributed by atoms with Gasteiger partial charge >= 0.3 is 6.16 Å². The zero-order valence-electron chi connectivity index (χ0n) is 14.1. The lowest BCUT2D eigenvalue weighted by Gasteiger charge is -2.15. The van der Waals surface area contributed by atoms with E-state index in [4.69, 9.17) is 9.84 Å². The molecule has 0 fully saturated rings. The molecule has 1 aromatic carbocycles. The van der Waals surface area contributed by atoms with E-state index in [-0.39, 0.29) is 11.5 Å². The summed E-state index contributed by atoms with van der Waals surface area (Å²) in [6.45, 7) is 4.73. The Balaban J connectivity index is 2.64. The third-order valence-electron chi connectivity index (χ3n) is 3.64. The van der Waals surface area contributed by atoms with Crippen molar-refractivity contribution < 1.29 is 24.5 Å². The van der Waals surface area contributed by atoms with Crippen LogP contribution in [-0.2, 0) is 6.42 Å². The summed E-state index contributed by atoms with van der Waals surface area (Å²) in [5.41, 5.74) is 0.869. The van der Waals surface area contributed by atoms with Crippen molar-refractivity contribution in [3.8, 4) is 17.2 Å². The fourth-order valence-corrected chi connectivity index (χ4v) is 2.46. The topological polar surface area (TPSA) is 76.0 Å². The lowest BCUT2D eigenvalue weighted by atomic mass is 10.1. The van der Waals surface area contributed by atoms with E-state index in [1.165, 1.54) is 31.7 Å².